The van der Waals surface area contributed by atoms with E-state index in [1.165, 1.54) is 54.2 Å². The van der Waals surface area contributed by atoms with Crippen LogP contribution in [0.4, 0.5) is 45.5 Å². The molecule has 0 radical (unpaired) electrons. The molecule has 0 spiro atoms. The molecule has 13 nitrogen and oxygen atoms in total. The average molecular weight is 670 g/mol. The van der Waals surface area contributed by atoms with Crippen molar-refractivity contribution in [1.82, 2.24) is 0 Å². The number of hydrogen-bond acceptors (Lipinski definition) is 12. The molecule has 0 aromatic heterocycles. The zero-order valence-electron chi connectivity index (χ0n) is 25.6. The van der Waals surface area contributed by atoms with E-state index in [1.807, 2.05) is 36.4 Å². The first-order chi connectivity index (χ1) is 22.6. The topological polar surface area (TPSA) is 221 Å². The third-order valence-corrected chi connectivity index (χ3v) is 7.63. The maximum atomic E-state index is 11.2. The molecular weight excluding hydrogens is 643 g/mol. The summed E-state index contributed by atoms with van der Waals surface area (Å²) in [5.74, 6) is -2.63. The van der Waals surface area contributed by atoms with Crippen LogP contribution in [0.15, 0.2) is 138 Å². The molecule has 234 valence electrons. The Kier molecular flexibility index (Phi) is 11.8. The predicted octanol–water partition coefficient (Wildman–Crippen LogP) is 6.66. The van der Waals surface area contributed by atoms with Crippen LogP contribution in [0.1, 0.15) is 26.3 Å². The largest absolute Gasteiger partial charge is 1.00 e. The molecule has 0 heterocycles. The SMILES string of the molecule is Cc1cc(N=Nc2ccc(Sc3ccc(N=Nc4ccc(O)c(C(=O)O)c4)cc3)cc2)c(N)c(N=Nc2ccc(C(=O)O)cc2)c1N.[Na+]. The number of azo groups is 3. The molecule has 7 N–H and O–H groups in total. The van der Waals surface area contributed by atoms with Crippen molar-refractivity contribution in [1.29, 1.82) is 0 Å². The van der Waals surface area contributed by atoms with Crippen molar-refractivity contribution >= 4 is 69.2 Å². The zero-order chi connectivity index (χ0) is 33.5. The molecular formula is C33H26N8NaO5S+. The fourth-order valence-corrected chi connectivity index (χ4v) is 4.88. The van der Waals surface area contributed by atoms with Gasteiger partial charge in [0, 0.05) is 9.79 Å². The van der Waals surface area contributed by atoms with Crippen molar-refractivity contribution in [3.05, 3.63) is 114 Å². The van der Waals surface area contributed by atoms with E-state index in [2.05, 4.69) is 30.7 Å². The number of nitrogens with two attached hydrogens (primary N) is 2. The number of hydrogen-bond donors (Lipinski definition) is 5. The molecule has 0 saturated heterocycles. The van der Waals surface area contributed by atoms with Crippen LogP contribution in [0.25, 0.3) is 0 Å². The van der Waals surface area contributed by atoms with Gasteiger partial charge in [-0.15, -0.1) is 10.2 Å². The normalized spacial score (nSPS) is 11.3. The van der Waals surface area contributed by atoms with Gasteiger partial charge < -0.3 is 26.8 Å². The van der Waals surface area contributed by atoms with Gasteiger partial charge in [0.25, 0.3) is 0 Å². The van der Waals surface area contributed by atoms with Crippen LogP contribution in [-0.4, -0.2) is 27.3 Å². The quantitative estimate of drug-likeness (QED) is 0.0613. The summed E-state index contributed by atoms with van der Waals surface area (Å²) in [4.78, 5) is 24.2. The number of aromatic carboxylic acids is 2. The van der Waals surface area contributed by atoms with Gasteiger partial charge in [0.05, 0.1) is 39.7 Å². The minimum absolute atomic E-state index is 0. The molecule has 48 heavy (non-hydrogen) atoms. The minimum atomic E-state index is -1.25. The number of phenols is 1. The fourth-order valence-electron chi connectivity index (χ4n) is 4.06. The Bertz CT molecular complexity index is 2050. The van der Waals surface area contributed by atoms with Gasteiger partial charge in [0.1, 0.15) is 22.7 Å². The Morgan fingerprint density at radius 1 is 0.604 bits per heavy atom. The van der Waals surface area contributed by atoms with Gasteiger partial charge in [0.2, 0.25) is 0 Å². The molecule has 5 aromatic rings. The van der Waals surface area contributed by atoms with E-state index in [0.717, 1.165) is 9.79 Å². The molecule has 0 fully saturated rings. The van der Waals surface area contributed by atoms with Gasteiger partial charge in [-0.05, 0) is 110 Å². The molecule has 15 heteroatoms. The number of aryl methyl sites for hydroxylation is 1. The molecule has 0 aliphatic heterocycles. The first kappa shape index (κ1) is 35.4. The van der Waals surface area contributed by atoms with Gasteiger partial charge in [-0.2, -0.15) is 20.5 Å². The van der Waals surface area contributed by atoms with Crippen LogP contribution in [0.2, 0.25) is 0 Å². The molecule has 0 aliphatic rings. The first-order valence-corrected chi connectivity index (χ1v) is 14.6. The Morgan fingerprint density at radius 2 is 1.08 bits per heavy atom. The second-order valence-corrected chi connectivity index (χ2v) is 11.1. The second-order valence-electron chi connectivity index (χ2n) is 9.94. The van der Waals surface area contributed by atoms with Crippen molar-refractivity contribution < 1.29 is 54.5 Å². The summed E-state index contributed by atoms with van der Waals surface area (Å²) < 4.78 is 0. The summed E-state index contributed by atoms with van der Waals surface area (Å²) in [7, 11) is 0. The second kappa shape index (κ2) is 15.9. The summed E-state index contributed by atoms with van der Waals surface area (Å²) in [6, 6.07) is 26.4. The average Bonchev–Trinajstić information content (AvgIpc) is 3.06. The summed E-state index contributed by atoms with van der Waals surface area (Å²) in [5, 5.41) is 53.0. The molecule has 0 amide bonds. The summed E-state index contributed by atoms with van der Waals surface area (Å²) in [6.07, 6.45) is 0. The first-order valence-electron chi connectivity index (χ1n) is 13.8. The van der Waals surface area contributed by atoms with Gasteiger partial charge in [-0.3, -0.25) is 0 Å². The number of rotatable bonds is 10. The van der Waals surface area contributed by atoms with E-state index in [-0.39, 0.29) is 57.8 Å². The molecule has 0 bridgehead atoms. The number of carboxylic acid groups (broad SMARTS) is 2. The Morgan fingerprint density at radius 3 is 1.62 bits per heavy atom. The van der Waals surface area contributed by atoms with Crippen LogP contribution in [0.3, 0.4) is 0 Å². The Balaban J connectivity index is 0.00000520. The van der Waals surface area contributed by atoms with E-state index in [9.17, 15) is 14.7 Å². The van der Waals surface area contributed by atoms with Crippen LogP contribution >= 0.6 is 11.8 Å². The van der Waals surface area contributed by atoms with Gasteiger partial charge >= 0.3 is 41.5 Å². The standard InChI is InChI=1S/C33H26N8O5S.Na/c1-18-16-27(30(35)31(29(18)34)41-38-20-4-2-19(3-5-20)32(43)44)40-37-22-8-13-25(14-9-22)47-24-11-6-21(7-12-24)36-39-23-10-15-28(42)26(17-23)33(45)46;/h2-17,42H,34-35H2,1H3,(H,43,44)(H,45,46);/q;+1. The number of carbonyl (C=O) groups is 2. The van der Waals surface area contributed by atoms with Crippen LogP contribution < -0.4 is 41.0 Å². The number of anilines is 2. The van der Waals surface area contributed by atoms with Gasteiger partial charge in [0.15, 0.2) is 0 Å². The van der Waals surface area contributed by atoms with E-state index in [4.69, 9.17) is 21.7 Å². The summed E-state index contributed by atoms with van der Waals surface area (Å²) in [5.41, 5.74) is 16.2. The summed E-state index contributed by atoms with van der Waals surface area (Å²) in [6.45, 7) is 1.79. The molecule has 0 unspecified atom stereocenters. The number of nitrogen functional groups attached to an aromatic ring is 2. The monoisotopic (exact) mass is 669 g/mol. The summed E-state index contributed by atoms with van der Waals surface area (Å²) >= 11 is 1.53. The Labute approximate surface area is 300 Å². The molecule has 5 rings (SSSR count). The van der Waals surface area contributed by atoms with Crippen LogP contribution in [-0.2, 0) is 0 Å². The van der Waals surface area contributed by atoms with E-state index in [1.54, 1.807) is 25.1 Å². The van der Waals surface area contributed by atoms with Crippen molar-refractivity contribution in [2.75, 3.05) is 11.5 Å². The number of benzene rings is 5. The molecule has 0 atom stereocenters. The fraction of sp³-hybridized carbons (Fsp3) is 0.0303. The van der Waals surface area contributed by atoms with E-state index >= 15 is 0 Å². The van der Waals surface area contributed by atoms with Crippen molar-refractivity contribution in [3.8, 4) is 5.75 Å². The maximum absolute atomic E-state index is 11.2. The predicted molar refractivity (Wildman–Crippen MR) is 178 cm³/mol. The smallest absolute Gasteiger partial charge is 0.507 e. The third kappa shape index (κ3) is 8.89. The third-order valence-electron chi connectivity index (χ3n) is 6.62. The van der Waals surface area contributed by atoms with E-state index in [0.29, 0.717) is 39.7 Å². The molecule has 0 aliphatic carbocycles. The Hall–Kier alpha value is -5.41. The van der Waals surface area contributed by atoms with Crippen molar-refractivity contribution in [3.63, 3.8) is 0 Å². The van der Waals surface area contributed by atoms with Gasteiger partial charge in [-0.1, -0.05) is 11.8 Å². The van der Waals surface area contributed by atoms with Crippen LogP contribution in [0.5, 0.6) is 5.75 Å². The maximum Gasteiger partial charge on any atom is 1.00 e. The number of nitrogens with zero attached hydrogens (tertiary/aromatic N) is 6. The van der Waals surface area contributed by atoms with Gasteiger partial charge in [-0.25, -0.2) is 9.59 Å². The van der Waals surface area contributed by atoms with E-state index < -0.39 is 11.9 Å². The number of carboxylic acids is 2. The molecule has 0 saturated carbocycles. The molecule has 5 aromatic carbocycles. The van der Waals surface area contributed by atoms with Crippen molar-refractivity contribution in [2.45, 2.75) is 16.7 Å². The van der Waals surface area contributed by atoms with Crippen molar-refractivity contribution in [2.24, 2.45) is 30.7 Å². The van der Waals surface area contributed by atoms with Crippen LogP contribution in [0, 0.1) is 6.92 Å². The minimum Gasteiger partial charge on any atom is -0.507 e. The zero-order valence-corrected chi connectivity index (χ0v) is 28.5. The number of aromatic hydroxyl groups is 1.